The fourth-order valence-corrected chi connectivity index (χ4v) is 2.02. The van der Waals surface area contributed by atoms with Crippen LogP contribution in [-0.2, 0) is 14.3 Å². The number of halogens is 1. The van der Waals surface area contributed by atoms with Crippen molar-refractivity contribution in [2.45, 2.75) is 6.42 Å². The van der Waals surface area contributed by atoms with E-state index in [0.717, 1.165) is 4.47 Å². The number of carbonyl (C=O) groups is 2. The second-order valence-corrected chi connectivity index (χ2v) is 5.38. The number of methoxy groups -OCH3 is 1. The molecule has 1 aromatic rings. The summed E-state index contributed by atoms with van der Waals surface area (Å²) in [4.78, 5) is 25.3. The highest BCUT2D eigenvalue weighted by Gasteiger charge is 2.17. The van der Waals surface area contributed by atoms with Crippen LogP contribution in [-0.4, -0.2) is 61.9 Å². The van der Waals surface area contributed by atoms with Crippen LogP contribution < -0.4 is 0 Å². The van der Waals surface area contributed by atoms with Gasteiger partial charge < -0.3 is 19.5 Å². The second kappa shape index (κ2) is 10.3. The molecule has 0 saturated carbocycles. The highest BCUT2D eigenvalue weighted by Crippen LogP contribution is 2.12. The highest BCUT2D eigenvalue weighted by atomic mass is 79.9. The zero-order chi connectivity index (χ0) is 16.4. The van der Waals surface area contributed by atoms with Crippen LogP contribution in [0, 0.1) is 0 Å². The number of amides is 1. The Morgan fingerprint density at radius 1 is 1.18 bits per heavy atom. The maximum Gasteiger partial charge on any atom is 0.307 e. The molecule has 122 valence electrons. The lowest BCUT2D eigenvalue weighted by Crippen LogP contribution is -2.36. The van der Waals surface area contributed by atoms with E-state index in [1.807, 2.05) is 0 Å². The first-order chi connectivity index (χ1) is 10.6. The van der Waals surface area contributed by atoms with Crippen LogP contribution in [0.25, 0.3) is 0 Å². The summed E-state index contributed by atoms with van der Waals surface area (Å²) in [6, 6.07) is 7.00. The van der Waals surface area contributed by atoms with Crippen molar-refractivity contribution in [2.24, 2.45) is 0 Å². The number of rotatable bonds is 9. The van der Waals surface area contributed by atoms with Crippen molar-refractivity contribution in [1.82, 2.24) is 4.90 Å². The van der Waals surface area contributed by atoms with Crippen molar-refractivity contribution in [3.05, 3.63) is 34.3 Å². The summed E-state index contributed by atoms with van der Waals surface area (Å²) in [5.74, 6) is -0.547. The van der Waals surface area contributed by atoms with Crippen LogP contribution in [0.4, 0.5) is 0 Å². The molecule has 1 aromatic carbocycles. The molecule has 0 fully saturated rings. The van der Waals surface area contributed by atoms with Crippen LogP contribution in [0.2, 0.25) is 0 Å². The molecule has 0 aliphatic rings. The molecule has 0 unspecified atom stereocenters. The molecule has 0 aromatic heterocycles. The summed E-state index contributed by atoms with van der Waals surface area (Å²) in [6.07, 6.45) is 0.124. The number of hydrogen-bond acceptors (Lipinski definition) is 5. The predicted molar refractivity (Wildman–Crippen MR) is 84.6 cm³/mol. The van der Waals surface area contributed by atoms with Crippen LogP contribution in [0.5, 0.6) is 0 Å². The first-order valence-corrected chi connectivity index (χ1v) is 7.68. The number of nitrogens with zero attached hydrogens (tertiary/aromatic N) is 1. The zero-order valence-electron chi connectivity index (χ0n) is 12.5. The highest BCUT2D eigenvalue weighted by molar-refractivity contribution is 9.10. The van der Waals surface area contributed by atoms with Gasteiger partial charge in [0.1, 0.15) is 0 Å². The Balaban J connectivity index is 2.67. The van der Waals surface area contributed by atoms with Gasteiger partial charge in [0.25, 0.3) is 5.91 Å². The van der Waals surface area contributed by atoms with Crippen molar-refractivity contribution < 1.29 is 24.2 Å². The van der Waals surface area contributed by atoms with Gasteiger partial charge in [-0.2, -0.15) is 0 Å². The van der Waals surface area contributed by atoms with E-state index in [9.17, 15) is 9.59 Å². The topological polar surface area (TPSA) is 76.1 Å². The number of hydrogen-bond donors (Lipinski definition) is 1. The van der Waals surface area contributed by atoms with Gasteiger partial charge in [0.05, 0.1) is 33.4 Å². The van der Waals surface area contributed by atoms with Gasteiger partial charge in [0.2, 0.25) is 0 Å². The van der Waals surface area contributed by atoms with Crippen molar-refractivity contribution in [3.63, 3.8) is 0 Å². The standard InChI is InChI=1S/C15H20BrNO5/c1-21-14(19)6-7-17(8-10-22-11-9-18)15(20)12-2-4-13(16)5-3-12/h2-5,18H,6-11H2,1H3. The summed E-state index contributed by atoms with van der Waals surface area (Å²) in [5, 5.41) is 8.68. The number of carbonyl (C=O) groups excluding carboxylic acids is 2. The average Bonchev–Trinajstić information content (AvgIpc) is 2.54. The summed E-state index contributed by atoms with van der Waals surface area (Å²) < 4.78 is 10.7. The molecule has 6 nitrogen and oxygen atoms in total. The molecule has 0 saturated heterocycles. The van der Waals surface area contributed by atoms with E-state index in [-0.39, 0.29) is 38.1 Å². The minimum absolute atomic E-state index is 0.0666. The maximum absolute atomic E-state index is 12.5. The predicted octanol–water partition coefficient (Wildman–Crippen LogP) is 1.46. The van der Waals surface area contributed by atoms with Crippen LogP contribution >= 0.6 is 15.9 Å². The van der Waals surface area contributed by atoms with Gasteiger partial charge >= 0.3 is 5.97 Å². The minimum atomic E-state index is -0.370. The van der Waals surface area contributed by atoms with Crippen molar-refractivity contribution in [1.29, 1.82) is 0 Å². The van der Waals surface area contributed by atoms with E-state index in [1.54, 1.807) is 24.3 Å². The molecule has 0 atom stereocenters. The molecule has 0 heterocycles. The molecule has 0 bridgehead atoms. The SMILES string of the molecule is COC(=O)CCN(CCOCCO)C(=O)c1ccc(Br)cc1. The molecule has 7 heteroatoms. The molecule has 0 spiro atoms. The van der Waals surface area contributed by atoms with E-state index in [4.69, 9.17) is 9.84 Å². The summed E-state index contributed by atoms with van der Waals surface area (Å²) in [6.45, 7) is 1.04. The first-order valence-electron chi connectivity index (χ1n) is 6.88. The second-order valence-electron chi connectivity index (χ2n) is 4.46. The van der Waals surface area contributed by atoms with Gasteiger partial charge in [-0.1, -0.05) is 15.9 Å². The van der Waals surface area contributed by atoms with Crippen LogP contribution in [0.3, 0.4) is 0 Å². The molecule has 0 radical (unpaired) electrons. The molecule has 1 amide bonds. The van der Waals surface area contributed by atoms with Gasteiger partial charge in [-0.05, 0) is 24.3 Å². The van der Waals surface area contributed by atoms with Crippen LogP contribution in [0.15, 0.2) is 28.7 Å². The normalized spacial score (nSPS) is 10.3. The van der Waals surface area contributed by atoms with Crippen molar-refractivity contribution in [3.8, 4) is 0 Å². The van der Waals surface area contributed by atoms with Crippen molar-refractivity contribution in [2.75, 3.05) is 40.0 Å². The Morgan fingerprint density at radius 3 is 2.45 bits per heavy atom. The third-order valence-corrected chi connectivity index (χ3v) is 3.46. The van der Waals surface area contributed by atoms with Gasteiger partial charge in [0.15, 0.2) is 0 Å². The smallest absolute Gasteiger partial charge is 0.307 e. The number of esters is 1. The Hall–Kier alpha value is -1.44. The summed E-state index contributed by atoms with van der Waals surface area (Å²) in [5.41, 5.74) is 0.537. The van der Waals surface area contributed by atoms with E-state index in [0.29, 0.717) is 18.7 Å². The average molecular weight is 374 g/mol. The van der Waals surface area contributed by atoms with Gasteiger partial charge in [-0.25, -0.2) is 0 Å². The molecule has 0 aliphatic carbocycles. The van der Waals surface area contributed by atoms with E-state index < -0.39 is 0 Å². The summed E-state index contributed by atoms with van der Waals surface area (Å²) >= 11 is 3.32. The van der Waals surface area contributed by atoms with E-state index in [2.05, 4.69) is 20.7 Å². The Morgan fingerprint density at radius 2 is 1.86 bits per heavy atom. The molecular formula is C15H20BrNO5. The lowest BCUT2D eigenvalue weighted by Gasteiger charge is -2.22. The zero-order valence-corrected chi connectivity index (χ0v) is 14.0. The van der Waals surface area contributed by atoms with Gasteiger partial charge in [-0.3, -0.25) is 9.59 Å². The first kappa shape index (κ1) is 18.6. The maximum atomic E-state index is 12.5. The van der Waals surface area contributed by atoms with Crippen LogP contribution in [0.1, 0.15) is 16.8 Å². The monoisotopic (exact) mass is 373 g/mol. The minimum Gasteiger partial charge on any atom is -0.469 e. The fourth-order valence-electron chi connectivity index (χ4n) is 1.76. The van der Waals surface area contributed by atoms with Gasteiger partial charge in [0, 0.05) is 23.1 Å². The molecule has 0 aliphatic heterocycles. The Bertz CT molecular complexity index is 477. The molecular weight excluding hydrogens is 354 g/mol. The number of aliphatic hydroxyl groups excluding tert-OH is 1. The molecule has 1 rings (SSSR count). The Kier molecular flexibility index (Phi) is 8.72. The number of aliphatic hydroxyl groups is 1. The van der Waals surface area contributed by atoms with E-state index in [1.165, 1.54) is 12.0 Å². The molecule has 22 heavy (non-hydrogen) atoms. The lowest BCUT2D eigenvalue weighted by molar-refractivity contribution is -0.140. The van der Waals surface area contributed by atoms with Gasteiger partial charge in [-0.15, -0.1) is 0 Å². The third kappa shape index (κ3) is 6.55. The quantitative estimate of drug-likeness (QED) is 0.523. The third-order valence-electron chi connectivity index (χ3n) is 2.93. The van der Waals surface area contributed by atoms with E-state index >= 15 is 0 Å². The Labute approximate surface area is 138 Å². The molecule has 1 N–H and O–H groups in total. The number of ether oxygens (including phenoxy) is 2. The number of benzene rings is 1. The fraction of sp³-hybridized carbons (Fsp3) is 0.467. The largest absolute Gasteiger partial charge is 0.469 e. The lowest BCUT2D eigenvalue weighted by atomic mass is 10.2. The summed E-state index contributed by atoms with van der Waals surface area (Å²) in [7, 11) is 1.31. The van der Waals surface area contributed by atoms with Crippen molar-refractivity contribution >= 4 is 27.8 Å².